The number of likely N-dealkylation sites (tertiary alicyclic amines) is 1. The number of imidazole rings is 1. The molecule has 0 spiro atoms. The van der Waals surface area contributed by atoms with Gasteiger partial charge in [0, 0.05) is 25.1 Å². The van der Waals surface area contributed by atoms with Crippen LogP contribution in [0.5, 0.6) is 0 Å². The van der Waals surface area contributed by atoms with Crippen molar-refractivity contribution in [2.45, 2.75) is 64.0 Å². The summed E-state index contributed by atoms with van der Waals surface area (Å²) in [6.07, 6.45) is 6.65. The number of carbonyl (C=O) groups excluding carboxylic acids is 3. The molecule has 4 aromatic carbocycles. The van der Waals surface area contributed by atoms with Gasteiger partial charge in [0.2, 0.25) is 17.7 Å². The van der Waals surface area contributed by atoms with Crippen LogP contribution in [0.4, 0.5) is 5.69 Å². The summed E-state index contributed by atoms with van der Waals surface area (Å²) < 4.78 is 0. The summed E-state index contributed by atoms with van der Waals surface area (Å²) in [7, 11) is 0. The number of nitrogens with zero attached hydrogens (tertiary/aromatic N) is 2. The van der Waals surface area contributed by atoms with Gasteiger partial charge in [-0.1, -0.05) is 104 Å². The van der Waals surface area contributed by atoms with E-state index in [1.54, 1.807) is 0 Å². The Hall–Kier alpha value is -5.50. The summed E-state index contributed by atoms with van der Waals surface area (Å²) in [6, 6.07) is 34.7. The molecule has 8 heteroatoms. The molecule has 0 aliphatic carbocycles. The van der Waals surface area contributed by atoms with Crippen molar-refractivity contribution in [3.63, 3.8) is 0 Å². The molecule has 6 rings (SSSR count). The second kappa shape index (κ2) is 16.1. The number of aryl methyl sites for hydroxylation is 1. The van der Waals surface area contributed by atoms with Crippen LogP contribution >= 0.6 is 0 Å². The maximum atomic E-state index is 14.2. The van der Waals surface area contributed by atoms with Gasteiger partial charge in [-0.2, -0.15) is 0 Å². The minimum absolute atomic E-state index is 0.0246. The summed E-state index contributed by atoms with van der Waals surface area (Å²) in [6.45, 7) is 2.59. The van der Waals surface area contributed by atoms with E-state index in [2.05, 4.69) is 52.0 Å². The first-order valence-electron chi connectivity index (χ1n) is 17.2. The number of carbonyl (C=O) groups is 3. The van der Waals surface area contributed by atoms with Crippen molar-refractivity contribution in [3.05, 3.63) is 132 Å². The van der Waals surface area contributed by atoms with Crippen LogP contribution in [0.15, 0.2) is 115 Å². The van der Waals surface area contributed by atoms with E-state index in [1.165, 1.54) is 5.56 Å². The van der Waals surface area contributed by atoms with Gasteiger partial charge in [-0.25, -0.2) is 4.98 Å². The molecule has 3 amide bonds. The standard InChI is InChI=1S/C41H43N5O3/c1-2-11-37(47)43-34-25-23-31(24-26-34)30-19-21-32(22-20-30)35-28-42-40(44-35)36-17-10-27-46(36)41(49)39(33-15-7-4-8-16-33)45-38(48)18-9-14-29-12-5-3-6-13-29/h3-8,12-13,15-16,19-26,28,36,39H,2,9-11,14,17-18,27H2,1H3,(H,42,44)(H,43,47)(H,45,48)/t36-,39+/m0/s1. The largest absolute Gasteiger partial charge is 0.341 e. The Bertz CT molecular complexity index is 1840. The zero-order valence-electron chi connectivity index (χ0n) is 27.9. The molecule has 3 N–H and O–H groups in total. The number of rotatable bonds is 13. The molecule has 0 saturated carbocycles. The number of aromatic amines is 1. The number of anilines is 1. The van der Waals surface area contributed by atoms with E-state index in [0.29, 0.717) is 25.8 Å². The van der Waals surface area contributed by atoms with Gasteiger partial charge in [0.05, 0.1) is 17.9 Å². The van der Waals surface area contributed by atoms with Gasteiger partial charge in [0.25, 0.3) is 0 Å². The van der Waals surface area contributed by atoms with Crippen molar-refractivity contribution in [2.24, 2.45) is 0 Å². The Labute approximate surface area is 288 Å². The van der Waals surface area contributed by atoms with Crippen molar-refractivity contribution in [3.8, 4) is 22.4 Å². The third-order valence-electron chi connectivity index (χ3n) is 9.02. The highest BCUT2D eigenvalue weighted by Crippen LogP contribution is 2.34. The Morgan fingerprint density at radius 2 is 1.47 bits per heavy atom. The highest BCUT2D eigenvalue weighted by atomic mass is 16.2. The van der Waals surface area contributed by atoms with Gasteiger partial charge in [0.15, 0.2) is 0 Å². The second-order valence-electron chi connectivity index (χ2n) is 12.6. The molecule has 250 valence electrons. The molecule has 1 aromatic heterocycles. The lowest BCUT2D eigenvalue weighted by atomic mass is 10.0. The molecule has 1 aliphatic heterocycles. The van der Waals surface area contributed by atoms with E-state index in [4.69, 9.17) is 4.98 Å². The van der Waals surface area contributed by atoms with Crippen molar-refractivity contribution in [1.29, 1.82) is 0 Å². The van der Waals surface area contributed by atoms with Gasteiger partial charge in [-0.05, 0) is 72.1 Å². The fraction of sp³-hybridized carbons (Fsp3) is 0.268. The summed E-state index contributed by atoms with van der Waals surface area (Å²) in [5.41, 5.74) is 6.75. The van der Waals surface area contributed by atoms with E-state index >= 15 is 0 Å². The summed E-state index contributed by atoms with van der Waals surface area (Å²) in [5, 5.41) is 5.98. The van der Waals surface area contributed by atoms with Crippen LogP contribution in [0, 0.1) is 0 Å². The van der Waals surface area contributed by atoms with Crippen LogP contribution in [0.1, 0.15) is 74.5 Å². The third-order valence-corrected chi connectivity index (χ3v) is 9.02. The van der Waals surface area contributed by atoms with E-state index in [0.717, 1.165) is 65.1 Å². The third kappa shape index (κ3) is 8.51. The van der Waals surface area contributed by atoms with Crippen LogP contribution in [0.25, 0.3) is 22.4 Å². The SMILES string of the molecule is CCCC(=O)Nc1ccc(-c2ccc(-c3cnc([C@@H]4CCCN4C(=O)[C@H](NC(=O)CCCc4ccccc4)c4ccccc4)[nH]3)cc2)cc1. The highest BCUT2D eigenvalue weighted by molar-refractivity contribution is 5.91. The lowest BCUT2D eigenvalue weighted by Gasteiger charge is -2.28. The molecular formula is C41H43N5O3. The first kappa shape index (κ1) is 33.4. The second-order valence-corrected chi connectivity index (χ2v) is 12.6. The monoisotopic (exact) mass is 653 g/mol. The molecular weight excluding hydrogens is 610 g/mol. The molecule has 0 bridgehead atoms. The van der Waals surface area contributed by atoms with Crippen molar-refractivity contribution < 1.29 is 14.4 Å². The number of nitrogens with one attached hydrogen (secondary N) is 3. The summed E-state index contributed by atoms with van der Waals surface area (Å²) in [4.78, 5) is 49.3. The molecule has 0 radical (unpaired) electrons. The molecule has 1 aliphatic rings. The number of aromatic nitrogens is 2. The molecule has 1 fully saturated rings. The molecule has 49 heavy (non-hydrogen) atoms. The minimum Gasteiger partial charge on any atom is -0.341 e. The van der Waals surface area contributed by atoms with Crippen LogP contribution in [-0.2, 0) is 20.8 Å². The van der Waals surface area contributed by atoms with Crippen LogP contribution in [0.3, 0.4) is 0 Å². The lowest BCUT2D eigenvalue weighted by molar-refractivity contribution is -0.137. The number of hydrogen-bond acceptors (Lipinski definition) is 4. The zero-order chi connectivity index (χ0) is 34.0. The first-order valence-corrected chi connectivity index (χ1v) is 17.2. The van der Waals surface area contributed by atoms with Gasteiger partial charge >= 0.3 is 0 Å². The number of H-pyrrole nitrogens is 1. The fourth-order valence-electron chi connectivity index (χ4n) is 6.44. The van der Waals surface area contributed by atoms with Crippen LogP contribution < -0.4 is 10.6 Å². The average molecular weight is 654 g/mol. The van der Waals surface area contributed by atoms with Crippen molar-refractivity contribution >= 4 is 23.4 Å². The van der Waals surface area contributed by atoms with E-state index in [1.807, 2.05) is 90.8 Å². The quantitative estimate of drug-likeness (QED) is 0.120. The number of benzene rings is 4. The van der Waals surface area contributed by atoms with E-state index < -0.39 is 6.04 Å². The van der Waals surface area contributed by atoms with E-state index in [-0.39, 0.29) is 23.8 Å². The minimum atomic E-state index is -0.769. The summed E-state index contributed by atoms with van der Waals surface area (Å²) in [5.74, 6) is 0.513. The average Bonchev–Trinajstić information content (AvgIpc) is 3.83. The predicted molar refractivity (Wildman–Crippen MR) is 193 cm³/mol. The number of hydrogen-bond donors (Lipinski definition) is 3. The maximum Gasteiger partial charge on any atom is 0.250 e. The van der Waals surface area contributed by atoms with Gasteiger partial charge in [0.1, 0.15) is 11.9 Å². The van der Waals surface area contributed by atoms with Gasteiger partial charge in [-0.15, -0.1) is 0 Å². The molecule has 2 atom stereocenters. The van der Waals surface area contributed by atoms with Crippen molar-refractivity contribution in [2.75, 3.05) is 11.9 Å². The molecule has 2 heterocycles. The number of amides is 3. The van der Waals surface area contributed by atoms with Gasteiger partial charge < -0.3 is 20.5 Å². The predicted octanol–water partition coefficient (Wildman–Crippen LogP) is 8.03. The molecule has 0 unspecified atom stereocenters. The maximum absolute atomic E-state index is 14.2. The molecule has 8 nitrogen and oxygen atoms in total. The smallest absolute Gasteiger partial charge is 0.250 e. The fourth-order valence-corrected chi connectivity index (χ4v) is 6.44. The molecule has 1 saturated heterocycles. The van der Waals surface area contributed by atoms with Gasteiger partial charge in [-0.3, -0.25) is 14.4 Å². The topological polar surface area (TPSA) is 107 Å². The zero-order valence-corrected chi connectivity index (χ0v) is 27.9. The lowest BCUT2D eigenvalue weighted by Crippen LogP contribution is -2.42. The van der Waals surface area contributed by atoms with Crippen LogP contribution in [-0.4, -0.2) is 39.1 Å². The summed E-state index contributed by atoms with van der Waals surface area (Å²) >= 11 is 0. The van der Waals surface area contributed by atoms with Crippen molar-refractivity contribution in [1.82, 2.24) is 20.2 Å². The normalized spacial score (nSPS) is 14.7. The Balaban J connectivity index is 1.12. The highest BCUT2D eigenvalue weighted by Gasteiger charge is 2.36. The Morgan fingerprint density at radius 1 is 0.816 bits per heavy atom. The molecule has 5 aromatic rings. The first-order chi connectivity index (χ1) is 24.0. The van der Waals surface area contributed by atoms with E-state index in [9.17, 15) is 14.4 Å². The Kier molecular flexibility index (Phi) is 11.0. The van der Waals surface area contributed by atoms with Crippen LogP contribution in [0.2, 0.25) is 0 Å². The Morgan fingerprint density at radius 3 is 2.16 bits per heavy atom.